The lowest BCUT2D eigenvalue weighted by Crippen LogP contribution is -2.53. The normalized spacial score (nSPS) is 20.0. The van der Waals surface area contributed by atoms with E-state index in [4.69, 9.17) is 9.47 Å². The van der Waals surface area contributed by atoms with Crippen LogP contribution < -0.4 is 10.6 Å². The fourth-order valence-corrected chi connectivity index (χ4v) is 3.89. The smallest absolute Gasteiger partial charge is 0.191 e. The van der Waals surface area contributed by atoms with E-state index in [1.165, 1.54) is 18.4 Å². The van der Waals surface area contributed by atoms with E-state index in [2.05, 4.69) is 40.4 Å². The molecule has 1 unspecified atom stereocenters. The van der Waals surface area contributed by atoms with Crippen LogP contribution in [0.3, 0.4) is 0 Å². The van der Waals surface area contributed by atoms with E-state index < -0.39 is 0 Å². The van der Waals surface area contributed by atoms with Crippen LogP contribution in [0.1, 0.15) is 39.5 Å². The van der Waals surface area contributed by atoms with Gasteiger partial charge in [0.25, 0.3) is 0 Å². The Morgan fingerprint density at radius 3 is 2.48 bits per heavy atom. The van der Waals surface area contributed by atoms with Crippen LogP contribution in [0.2, 0.25) is 0 Å². The van der Waals surface area contributed by atoms with E-state index in [0.717, 1.165) is 71.4 Å². The highest BCUT2D eigenvalue weighted by molar-refractivity contribution is 14.0. The summed E-state index contributed by atoms with van der Waals surface area (Å²) in [4.78, 5) is 7.00. The van der Waals surface area contributed by atoms with Crippen LogP contribution in [0.15, 0.2) is 16.6 Å². The topological polar surface area (TPSA) is 58.1 Å². The van der Waals surface area contributed by atoms with E-state index in [1.54, 1.807) is 0 Å². The van der Waals surface area contributed by atoms with Crippen LogP contribution in [0.5, 0.6) is 0 Å². The van der Waals surface area contributed by atoms with E-state index in [1.807, 2.05) is 7.05 Å². The molecular formula is C20H39IN4O2. The molecule has 0 amide bonds. The fraction of sp³-hybridized carbons (Fsp3) is 0.850. The molecule has 27 heavy (non-hydrogen) atoms. The van der Waals surface area contributed by atoms with E-state index in [9.17, 15) is 0 Å². The molecule has 0 aromatic heterocycles. The minimum atomic E-state index is 0. The van der Waals surface area contributed by atoms with Crippen LogP contribution in [0, 0.1) is 5.92 Å². The molecule has 0 aromatic rings. The van der Waals surface area contributed by atoms with E-state index >= 15 is 0 Å². The Bertz CT molecular complexity index is 449. The number of halogens is 1. The molecule has 0 aromatic carbocycles. The number of morpholine rings is 1. The first-order chi connectivity index (χ1) is 12.8. The number of rotatable bonds is 9. The van der Waals surface area contributed by atoms with Gasteiger partial charge < -0.3 is 20.1 Å². The standard InChI is InChI=1S/C20H38N4O2.HI/c1-4-18(5-2)19(24-10-14-26-15-11-24)16-23-20(21-3)22-9-6-17-7-12-25-13-8-17;/h7,18-19H,4-6,8-16H2,1-3H3,(H2,21,22,23);1H. The number of ether oxygens (including phenoxy) is 2. The molecule has 2 rings (SSSR count). The third kappa shape index (κ3) is 8.66. The van der Waals surface area contributed by atoms with Gasteiger partial charge in [-0.1, -0.05) is 38.3 Å². The quantitative estimate of drug-likeness (QED) is 0.224. The van der Waals surface area contributed by atoms with Gasteiger partial charge in [-0.15, -0.1) is 24.0 Å². The Morgan fingerprint density at radius 2 is 1.89 bits per heavy atom. The van der Waals surface area contributed by atoms with Crippen LogP contribution in [0.4, 0.5) is 0 Å². The van der Waals surface area contributed by atoms with Crippen molar-refractivity contribution in [1.82, 2.24) is 15.5 Å². The van der Waals surface area contributed by atoms with Gasteiger partial charge in [0.2, 0.25) is 0 Å². The molecule has 1 fully saturated rings. The summed E-state index contributed by atoms with van der Waals surface area (Å²) in [6, 6.07) is 0.533. The molecule has 0 aliphatic carbocycles. The Morgan fingerprint density at radius 1 is 1.15 bits per heavy atom. The first kappa shape index (κ1) is 24.7. The van der Waals surface area contributed by atoms with Crippen molar-refractivity contribution in [3.8, 4) is 0 Å². The van der Waals surface area contributed by atoms with Crippen molar-refractivity contribution in [3.05, 3.63) is 11.6 Å². The maximum absolute atomic E-state index is 5.54. The van der Waals surface area contributed by atoms with Crippen LogP contribution in [-0.2, 0) is 9.47 Å². The summed E-state index contributed by atoms with van der Waals surface area (Å²) in [6.45, 7) is 11.8. The maximum atomic E-state index is 5.54. The van der Waals surface area contributed by atoms with Gasteiger partial charge in [0.15, 0.2) is 5.96 Å². The summed E-state index contributed by atoms with van der Waals surface area (Å²) in [5.74, 6) is 1.60. The van der Waals surface area contributed by atoms with Gasteiger partial charge in [0.05, 0.1) is 26.4 Å². The second-order valence-corrected chi connectivity index (χ2v) is 7.11. The number of guanidine groups is 1. The molecule has 0 bridgehead atoms. The Balaban J connectivity index is 0.00000364. The fourth-order valence-electron chi connectivity index (χ4n) is 3.89. The maximum Gasteiger partial charge on any atom is 0.191 e. The Labute approximate surface area is 182 Å². The number of nitrogens with zero attached hydrogens (tertiary/aromatic N) is 2. The zero-order chi connectivity index (χ0) is 18.6. The minimum absolute atomic E-state index is 0. The number of aliphatic imine (C=N–C) groups is 1. The third-order valence-corrected chi connectivity index (χ3v) is 5.61. The second-order valence-electron chi connectivity index (χ2n) is 7.11. The SMILES string of the molecule is CCC(CC)C(CNC(=NC)NCCC1=CCOCC1)N1CCOCC1.I. The van der Waals surface area contributed by atoms with Gasteiger partial charge in [-0.25, -0.2) is 0 Å². The highest BCUT2D eigenvalue weighted by Crippen LogP contribution is 2.19. The van der Waals surface area contributed by atoms with Crippen molar-refractivity contribution >= 4 is 29.9 Å². The molecule has 6 nitrogen and oxygen atoms in total. The third-order valence-electron chi connectivity index (χ3n) is 5.61. The Hall–Kier alpha value is -0.380. The van der Waals surface area contributed by atoms with Crippen molar-refractivity contribution in [2.45, 2.75) is 45.6 Å². The molecule has 0 saturated carbocycles. The van der Waals surface area contributed by atoms with Gasteiger partial charge in [0, 0.05) is 39.3 Å². The second kappa shape index (κ2) is 14.6. The van der Waals surface area contributed by atoms with Crippen LogP contribution >= 0.6 is 24.0 Å². The predicted molar refractivity (Wildman–Crippen MR) is 123 cm³/mol. The van der Waals surface area contributed by atoms with Gasteiger partial charge in [0.1, 0.15) is 0 Å². The lowest BCUT2D eigenvalue weighted by Gasteiger charge is -2.39. The highest BCUT2D eigenvalue weighted by atomic mass is 127. The average molecular weight is 494 g/mol. The van der Waals surface area contributed by atoms with E-state index in [0.29, 0.717) is 12.0 Å². The Kier molecular flexibility index (Phi) is 13.3. The van der Waals surface area contributed by atoms with Crippen molar-refractivity contribution in [2.24, 2.45) is 10.9 Å². The molecule has 2 heterocycles. The molecule has 2 aliphatic heterocycles. The number of hydrogen-bond acceptors (Lipinski definition) is 4. The zero-order valence-electron chi connectivity index (χ0n) is 17.3. The molecule has 158 valence electrons. The van der Waals surface area contributed by atoms with Crippen LogP contribution in [-0.4, -0.2) is 76.6 Å². The van der Waals surface area contributed by atoms with Gasteiger partial charge in [-0.3, -0.25) is 9.89 Å². The van der Waals surface area contributed by atoms with E-state index in [-0.39, 0.29) is 24.0 Å². The zero-order valence-corrected chi connectivity index (χ0v) is 19.7. The molecular weight excluding hydrogens is 455 g/mol. The summed E-state index contributed by atoms with van der Waals surface area (Å²) < 4.78 is 10.9. The van der Waals surface area contributed by atoms with Crippen molar-refractivity contribution in [3.63, 3.8) is 0 Å². The molecule has 1 atom stereocenters. The molecule has 2 aliphatic rings. The summed E-state index contributed by atoms with van der Waals surface area (Å²) in [7, 11) is 1.85. The largest absolute Gasteiger partial charge is 0.379 e. The monoisotopic (exact) mass is 494 g/mol. The first-order valence-corrected chi connectivity index (χ1v) is 10.3. The number of nitrogens with one attached hydrogen (secondary N) is 2. The van der Waals surface area contributed by atoms with Gasteiger partial charge in [-0.05, 0) is 18.8 Å². The molecule has 2 N–H and O–H groups in total. The first-order valence-electron chi connectivity index (χ1n) is 10.3. The van der Waals surface area contributed by atoms with Crippen molar-refractivity contribution in [2.75, 3.05) is 59.7 Å². The minimum Gasteiger partial charge on any atom is -0.379 e. The predicted octanol–water partition coefficient (Wildman–Crippen LogP) is 2.64. The average Bonchev–Trinajstić information content (AvgIpc) is 2.71. The molecule has 1 saturated heterocycles. The molecule has 7 heteroatoms. The van der Waals surface area contributed by atoms with Crippen molar-refractivity contribution < 1.29 is 9.47 Å². The molecule has 0 radical (unpaired) electrons. The summed E-state index contributed by atoms with van der Waals surface area (Å²) in [5.41, 5.74) is 1.49. The lowest BCUT2D eigenvalue weighted by atomic mass is 9.92. The summed E-state index contributed by atoms with van der Waals surface area (Å²) in [5, 5.41) is 7.03. The summed E-state index contributed by atoms with van der Waals surface area (Å²) in [6.07, 6.45) is 6.75. The lowest BCUT2D eigenvalue weighted by molar-refractivity contribution is 0.00272. The number of hydrogen-bond donors (Lipinski definition) is 2. The summed E-state index contributed by atoms with van der Waals surface area (Å²) >= 11 is 0. The van der Waals surface area contributed by atoms with Gasteiger partial charge >= 0.3 is 0 Å². The van der Waals surface area contributed by atoms with Crippen LogP contribution in [0.25, 0.3) is 0 Å². The molecule has 0 spiro atoms. The highest BCUT2D eigenvalue weighted by Gasteiger charge is 2.26. The van der Waals surface area contributed by atoms with Gasteiger partial charge in [-0.2, -0.15) is 0 Å². The van der Waals surface area contributed by atoms with Crippen molar-refractivity contribution in [1.29, 1.82) is 0 Å².